The van der Waals surface area contributed by atoms with Crippen molar-refractivity contribution in [1.29, 1.82) is 0 Å². The van der Waals surface area contributed by atoms with E-state index in [1.807, 2.05) is 41.3 Å². The van der Waals surface area contributed by atoms with Gasteiger partial charge in [-0.3, -0.25) is 9.48 Å². The van der Waals surface area contributed by atoms with Crippen LogP contribution in [0.3, 0.4) is 0 Å². The molecule has 0 aliphatic heterocycles. The first-order valence-corrected chi connectivity index (χ1v) is 9.85. The molecule has 0 atom stereocenters. The molecule has 0 aliphatic carbocycles. The number of carbonyl (C=O) groups is 1. The Balaban J connectivity index is 1.72. The van der Waals surface area contributed by atoms with Crippen molar-refractivity contribution in [2.24, 2.45) is 0 Å². The molecule has 0 radical (unpaired) electrons. The summed E-state index contributed by atoms with van der Waals surface area (Å²) < 4.78 is 9.51. The van der Waals surface area contributed by atoms with Crippen LogP contribution < -0.4 is 5.32 Å². The first-order valence-electron chi connectivity index (χ1n) is 9.85. The lowest BCUT2D eigenvalue weighted by Gasteiger charge is -2.13. The largest absolute Gasteiger partial charge is 0.463 e. The van der Waals surface area contributed by atoms with Gasteiger partial charge in [-0.1, -0.05) is 24.3 Å². The molecule has 0 saturated heterocycles. The van der Waals surface area contributed by atoms with Crippen LogP contribution in [0.25, 0.3) is 11.1 Å². The Morgan fingerprint density at radius 1 is 1.17 bits per heavy atom. The van der Waals surface area contributed by atoms with Crippen molar-refractivity contribution >= 4 is 22.7 Å². The SMILES string of the molecule is Cc1ccccc1Cn1c(C(=O)Nc2c(C)nn(C(C)C)c2C)cc2occc21. The number of anilines is 1. The van der Waals surface area contributed by atoms with Gasteiger partial charge in [-0.05, 0) is 45.7 Å². The Morgan fingerprint density at radius 3 is 2.62 bits per heavy atom. The van der Waals surface area contributed by atoms with Crippen LogP contribution in [0, 0.1) is 20.8 Å². The maximum absolute atomic E-state index is 13.3. The molecule has 150 valence electrons. The molecule has 3 aromatic heterocycles. The molecule has 3 heterocycles. The molecular weight excluding hydrogens is 364 g/mol. The molecule has 29 heavy (non-hydrogen) atoms. The number of furan rings is 1. The van der Waals surface area contributed by atoms with Crippen molar-refractivity contribution in [3.63, 3.8) is 0 Å². The van der Waals surface area contributed by atoms with E-state index in [1.165, 1.54) is 11.1 Å². The summed E-state index contributed by atoms with van der Waals surface area (Å²) in [5.41, 5.74) is 7.06. The van der Waals surface area contributed by atoms with E-state index in [-0.39, 0.29) is 11.9 Å². The number of hydrogen-bond acceptors (Lipinski definition) is 3. The first-order chi connectivity index (χ1) is 13.9. The highest BCUT2D eigenvalue weighted by atomic mass is 16.3. The van der Waals surface area contributed by atoms with Gasteiger partial charge < -0.3 is 14.3 Å². The number of aromatic nitrogens is 3. The van der Waals surface area contributed by atoms with Crippen LogP contribution in [0.1, 0.15) is 52.9 Å². The van der Waals surface area contributed by atoms with E-state index >= 15 is 0 Å². The molecule has 1 amide bonds. The molecule has 4 rings (SSSR count). The normalized spacial score (nSPS) is 11.5. The van der Waals surface area contributed by atoms with E-state index in [1.54, 1.807) is 12.3 Å². The van der Waals surface area contributed by atoms with Gasteiger partial charge in [0.2, 0.25) is 0 Å². The highest BCUT2D eigenvalue weighted by molar-refractivity contribution is 6.06. The molecule has 0 saturated carbocycles. The maximum atomic E-state index is 13.3. The van der Waals surface area contributed by atoms with Gasteiger partial charge in [0, 0.05) is 24.7 Å². The molecule has 4 aromatic rings. The fourth-order valence-corrected chi connectivity index (χ4v) is 3.82. The highest BCUT2D eigenvalue weighted by Crippen LogP contribution is 2.26. The zero-order chi connectivity index (χ0) is 20.7. The number of benzene rings is 1. The topological polar surface area (TPSA) is 65.0 Å². The van der Waals surface area contributed by atoms with Gasteiger partial charge in [0.15, 0.2) is 5.58 Å². The predicted octanol–water partition coefficient (Wildman–Crippen LogP) is 5.24. The van der Waals surface area contributed by atoms with E-state index in [9.17, 15) is 4.79 Å². The second-order valence-corrected chi connectivity index (χ2v) is 7.75. The second-order valence-electron chi connectivity index (χ2n) is 7.75. The zero-order valence-corrected chi connectivity index (χ0v) is 17.5. The lowest BCUT2D eigenvalue weighted by atomic mass is 10.1. The Kier molecular flexibility index (Phi) is 4.78. The van der Waals surface area contributed by atoms with Crippen molar-refractivity contribution in [2.75, 3.05) is 5.32 Å². The number of nitrogens with one attached hydrogen (secondary N) is 1. The van der Waals surface area contributed by atoms with Gasteiger partial charge in [0.05, 0.1) is 28.9 Å². The number of carbonyl (C=O) groups excluding carboxylic acids is 1. The fourth-order valence-electron chi connectivity index (χ4n) is 3.82. The van der Waals surface area contributed by atoms with E-state index in [2.05, 4.69) is 43.3 Å². The van der Waals surface area contributed by atoms with E-state index in [0.29, 0.717) is 17.8 Å². The number of rotatable bonds is 5. The molecule has 0 fully saturated rings. The van der Waals surface area contributed by atoms with Crippen molar-refractivity contribution in [3.8, 4) is 0 Å². The Labute approximate surface area is 170 Å². The second kappa shape index (κ2) is 7.28. The minimum absolute atomic E-state index is 0.167. The molecule has 1 N–H and O–H groups in total. The Morgan fingerprint density at radius 2 is 1.93 bits per heavy atom. The summed E-state index contributed by atoms with van der Waals surface area (Å²) >= 11 is 0. The van der Waals surface area contributed by atoms with Crippen LogP contribution in [-0.4, -0.2) is 20.3 Å². The summed E-state index contributed by atoms with van der Waals surface area (Å²) in [7, 11) is 0. The van der Waals surface area contributed by atoms with Crippen LogP contribution in [-0.2, 0) is 6.54 Å². The Hall–Kier alpha value is -3.28. The summed E-state index contributed by atoms with van der Waals surface area (Å²) in [5, 5.41) is 7.64. The molecule has 6 heteroatoms. The number of nitrogens with zero attached hydrogens (tertiary/aromatic N) is 3. The molecule has 0 spiro atoms. The molecule has 0 bridgehead atoms. The summed E-state index contributed by atoms with van der Waals surface area (Å²) in [6, 6.07) is 12.1. The molecule has 0 aliphatic rings. The van der Waals surface area contributed by atoms with Gasteiger partial charge in [0.1, 0.15) is 5.69 Å². The van der Waals surface area contributed by atoms with Gasteiger partial charge in [0.25, 0.3) is 5.91 Å². The molecule has 0 unspecified atom stereocenters. The highest BCUT2D eigenvalue weighted by Gasteiger charge is 2.21. The molecule has 1 aromatic carbocycles. The van der Waals surface area contributed by atoms with Gasteiger partial charge >= 0.3 is 0 Å². The van der Waals surface area contributed by atoms with Crippen LogP contribution in [0.5, 0.6) is 0 Å². The number of fused-ring (bicyclic) bond motifs is 1. The zero-order valence-electron chi connectivity index (χ0n) is 17.5. The van der Waals surface area contributed by atoms with Crippen molar-refractivity contribution in [3.05, 3.63) is 70.9 Å². The smallest absolute Gasteiger partial charge is 0.272 e. The summed E-state index contributed by atoms with van der Waals surface area (Å²) in [6.07, 6.45) is 1.65. The average Bonchev–Trinajstić information content (AvgIpc) is 3.34. The third-order valence-electron chi connectivity index (χ3n) is 5.40. The van der Waals surface area contributed by atoms with E-state index < -0.39 is 0 Å². The number of aryl methyl sites for hydroxylation is 2. The number of hydrogen-bond donors (Lipinski definition) is 1. The summed E-state index contributed by atoms with van der Waals surface area (Å²) in [6.45, 7) is 10.7. The lowest BCUT2D eigenvalue weighted by Crippen LogP contribution is -2.18. The van der Waals surface area contributed by atoms with E-state index in [4.69, 9.17) is 4.42 Å². The van der Waals surface area contributed by atoms with Gasteiger partial charge in [-0.25, -0.2) is 0 Å². The van der Waals surface area contributed by atoms with E-state index in [0.717, 1.165) is 22.6 Å². The standard InChI is InChI=1S/C23H26N4O2/c1-14(2)27-17(5)22(16(4)25-27)24-23(28)20-12-21-19(10-11-29-21)26(20)13-18-9-7-6-8-15(18)3/h6-12,14H,13H2,1-5H3,(H,24,28). The average molecular weight is 390 g/mol. The maximum Gasteiger partial charge on any atom is 0.272 e. The van der Waals surface area contributed by atoms with Crippen LogP contribution in [0.2, 0.25) is 0 Å². The minimum atomic E-state index is -0.167. The van der Waals surface area contributed by atoms with Crippen molar-refractivity contribution in [2.45, 2.75) is 47.2 Å². The minimum Gasteiger partial charge on any atom is -0.463 e. The third kappa shape index (κ3) is 3.35. The first kappa shape index (κ1) is 19.1. The Bertz CT molecular complexity index is 1190. The van der Waals surface area contributed by atoms with Crippen LogP contribution in [0.4, 0.5) is 5.69 Å². The quantitative estimate of drug-likeness (QED) is 0.507. The monoisotopic (exact) mass is 390 g/mol. The summed E-state index contributed by atoms with van der Waals surface area (Å²) in [5.74, 6) is -0.167. The summed E-state index contributed by atoms with van der Waals surface area (Å²) in [4.78, 5) is 13.3. The van der Waals surface area contributed by atoms with Crippen LogP contribution in [0.15, 0.2) is 47.1 Å². The van der Waals surface area contributed by atoms with Gasteiger partial charge in [-0.15, -0.1) is 0 Å². The third-order valence-corrected chi connectivity index (χ3v) is 5.40. The van der Waals surface area contributed by atoms with Crippen molar-refractivity contribution < 1.29 is 9.21 Å². The fraction of sp³-hybridized carbons (Fsp3) is 0.304. The lowest BCUT2D eigenvalue weighted by molar-refractivity contribution is 0.101. The number of amides is 1. The van der Waals surface area contributed by atoms with Crippen molar-refractivity contribution in [1.82, 2.24) is 14.3 Å². The molecule has 6 nitrogen and oxygen atoms in total. The van der Waals surface area contributed by atoms with Gasteiger partial charge in [-0.2, -0.15) is 5.10 Å². The predicted molar refractivity (Wildman–Crippen MR) is 115 cm³/mol. The van der Waals surface area contributed by atoms with Crippen LogP contribution >= 0.6 is 0 Å². The molecular formula is C23H26N4O2.